The van der Waals surface area contributed by atoms with E-state index in [2.05, 4.69) is 5.32 Å². The highest BCUT2D eigenvalue weighted by Crippen LogP contribution is 2.25. The second-order valence-electron chi connectivity index (χ2n) is 5.47. The number of hydrogen-bond donors (Lipinski definition) is 1. The Morgan fingerprint density at radius 2 is 1.77 bits per heavy atom. The minimum Gasteiger partial charge on any atom is -0.497 e. The fourth-order valence-electron chi connectivity index (χ4n) is 2.17. The lowest BCUT2D eigenvalue weighted by molar-refractivity contribution is -0.142. The van der Waals surface area contributed by atoms with E-state index < -0.39 is 11.9 Å². The van der Waals surface area contributed by atoms with Crippen molar-refractivity contribution in [3.05, 3.63) is 59.7 Å². The predicted molar refractivity (Wildman–Crippen MR) is 99.3 cm³/mol. The van der Waals surface area contributed by atoms with E-state index in [4.69, 9.17) is 14.2 Å². The number of ether oxygens (including phenoxy) is 3. The van der Waals surface area contributed by atoms with Crippen LogP contribution >= 0.6 is 0 Å². The van der Waals surface area contributed by atoms with E-state index in [0.717, 1.165) is 16.9 Å². The summed E-state index contributed by atoms with van der Waals surface area (Å²) in [6.07, 6.45) is 2.87. The quantitative estimate of drug-likeness (QED) is 0.610. The number of esters is 1. The molecule has 6 nitrogen and oxygen atoms in total. The number of anilines is 1. The third-order valence-electron chi connectivity index (χ3n) is 3.50. The Hall–Kier alpha value is -3.28. The van der Waals surface area contributed by atoms with E-state index in [1.54, 1.807) is 49.6 Å². The lowest BCUT2D eigenvalue weighted by Gasteiger charge is -2.10. The number of rotatable bonds is 7. The van der Waals surface area contributed by atoms with Crippen LogP contribution in [0.5, 0.6) is 11.5 Å². The summed E-state index contributed by atoms with van der Waals surface area (Å²) in [5.41, 5.74) is 2.32. The number of aryl methyl sites for hydroxylation is 1. The number of methoxy groups -OCH3 is 2. The summed E-state index contributed by atoms with van der Waals surface area (Å²) in [6.45, 7) is 1.52. The topological polar surface area (TPSA) is 73.9 Å². The summed E-state index contributed by atoms with van der Waals surface area (Å²) in [6, 6.07) is 12.6. The molecule has 0 unspecified atom stereocenters. The van der Waals surface area contributed by atoms with Crippen molar-refractivity contribution < 1.29 is 23.8 Å². The molecular formula is C20H21NO5. The maximum atomic E-state index is 12.0. The van der Waals surface area contributed by atoms with Crippen molar-refractivity contribution in [3.8, 4) is 11.5 Å². The largest absolute Gasteiger partial charge is 0.497 e. The molecule has 0 heterocycles. The fraction of sp³-hybridized carbons (Fsp3) is 0.200. The molecule has 6 heteroatoms. The van der Waals surface area contributed by atoms with Gasteiger partial charge in [-0.2, -0.15) is 0 Å². The molecule has 2 aromatic rings. The summed E-state index contributed by atoms with van der Waals surface area (Å²) in [7, 11) is 3.10. The van der Waals surface area contributed by atoms with Gasteiger partial charge < -0.3 is 19.5 Å². The normalized spacial score (nSPS) is 10.4. The Balaban J connectivity index is 1.85. The van der Waals surface area contributed by atoms with Crippen LogP contribution < -0.4 is 14.8 Å². The van der Waals surface area contributed by atoms with Gasteiger partial charge in [0.15, 0.2) is 6.61 Å². The average Bonchev–Trinajstić information content (AvgIpc) is 2.65. The molecule has 136 valence electrons. The van der Waals surface area contributed by atoms with Crippen LogP contribution in [0.3, 0.4) is 0 Å². The molecule has 0 saturated carbocycles. The van der Waals surface area contributed by atoms with Gasteiger partial charge in [-0.05, 0) is 48.4 Å². The lowest BCUT2D eigenvalue weighted by Crippen LogP contribution is -2.20. The number of benzene rings is 2. The van der Waals surface area contributed by atoms with Gasteiger partial charge in [0.05, 0.1) is 19.9 Å². The molecule has 0 spiro atoms. The molecule has 2 aromatic carbocycles. The van der Waals surface area contributed by atoms with Gasteiger partial charge in [0.25, 0.3) is 5.91 Å². The molecule has 0 aliphatic heterocycles. The summed E-state index contributed by atoms with van der Waals surface area (Å²) < 4.78 is 15.2. The number of amides is 1. The molecule has 1 N–H and O–H groups in total. The molecule has 26 heavy (non-hydrogen) atoms. The van der Waals surface area contributed by atoms with E-state index in [1.165, 1.54) is 13.2 Å². The van der Waals surface area contributed by atoms with Crippen LogP contribution in [-0.2, 0) is 14.3 Å². The summed E-state index contributed by atoms with van der Waals surface area (Å²) in [5.74, 6) is 0.218. The predicted octanol–water partition coefficient (Wildman–Crippen LogP) is 3.21. The Morgan fingerprint density at radius 3 is 2.42 bits per heavy atom. The third kappa shape index (κ3) is 5.66. The van der Waals surface area contributed by atoms with Gasteiger partial charge in [0.2, 0.25) is 0 Å². The van der Waals surface area contributed by atoms with Gasteiger partial charge in [0.1, 0.15) is 11.5 Å². The third-order valence-corrected chi connectivity index (χ3v) is 3.50. The zero-order valence-corrected chi connectivity index (χ0v) is 14.9. The molecule has 0 aliphatic rings. The molecule has 1 amide bonds. The van der Waals surface area contributed by atoms with Crippen molar-refractivity contribution in [2.75, 3.05) is 26.1 Å². The van der Waals surface area contributed by atoms with Crippen LogP contribution in [0, 0.1) is 6.92 Å². The fourth-order valence-corrected chi connectivity index (χ4v) is 2.17. The van der Waals surface area contributed by atoms with Crippen molar-refractivity contribution in [1.29, 1.82) is 0 Å². The smallest absolute Gasteiger partial charge is 0.331 e. The second-order valence-corrected chi connectivity index (χ2v) is 5.47. The van der Waals surface area contributed by atoms with E-state index in [0.29, 0.717) is 11.4 Å². The first kappa shape index (κ1) is 19.1. The zero-order chi connectivity index (χ0) is 18.9. The summed E-state index contributed by atoms with van der Waals surface area (Å²) in [5, 5.41) is 2.66. The molecular weight excluding hydrogens is 334 g/mol. The van der Waals surface area contributed by atoms with Gasteiger partial charge >= 0.3 is 5.97 Å². The van der Waals surface area contributed by atoms with E-state index in [-0.39, 0.29) is 6.61 Å². The number of carbonyl (C=O) groups is 2. The van der Waals surface area contributed by atoms with Crippen LogP contribution in [-0.4, -0.2) is 32.7 Å². The minimum absolute atomic E-state index is 0.386. The molecule has 0 fully saturated rings. The Labute approximate surface area is 152 Å². The molecule has 2 rings (SSSR count). The molecule has 0 atom stereocenters. The monoisotopic (exact) mass is 355 g/mol. The standard InChI is InChI=1S/C20H21NO5/c1-14-4-10-18(25-3)17(12-14)21-19(22)13-26-20(23)11-7-15-5-8-16(24-2)9-6-15/h4-12H,13H2,1-3H3,(H,21,22)/b11-7+. The average molecular weight is 355 g/mol. The molecule has 0 saturated heterocycles. The second kappa shape index (κ2) is 9.27. The van der Waals surface area contributed by atoms with Gasteiger partial charge in [-0.15, -0.1) is 0 Å². The number of carbonyl (C=O) groups excluding carboxylic acids is 2. The van der Waals surface area contributed by atoms with Gasteiger partial charge in [-0.25, -0.2) is 4.79 Å². The highest BCUT2D eigenvalue weighted by molar-refractivity contribution is 5.95. The van der Waals surface area contributed by atoms with Crippen molar-refractivity contribution in [2.45, 2.75) is 6.92 Å². The Morgan fingerprint density at radius 1 is 1.04 bits per heavy atom. The SMILES string of the molecule is COc1ccc(/C=C/C(=O)OCC(=O)Nc2cc(C)ccc2OC)cc1. The zero-order valence-electron chi connectivity index (χ0n) is 14.9. The first-order valence-corrected chi connectivity index (χ1v) is 7.95. The first-order valence-electron chi connectivity index (χ1n) is 7.95. The van der Waals surface area contributed by atoms with Gasteiger partial charge in [-0.3, -0.25) is 4.79 Å². The van der Waals surface area contributed by atoms with Crippen LogP contribution in [0.2, 0.25) is 0 Å². The maximum Gasteiger partial charge on any atom is 0.331 e. The molecule has 0 radical (unpaired) electrons. The Kier molecular flexibility index (Phi) is 6.79. The highest BCUT2D eigenvalue weighted by Gasteiger charge is 2.09. The van der Waals surface area contributed by atoms with Crippen molar-refractivity contribution in [2.24, 2.45) is 0 Å². The number of nitrogens with one attached hydrogen (secondary N) is 1. The van der Waals surface area contributed by atoms with Crippen molar-refractivity contribution >= 4 is 23.6 Å². The van der Waals surface area contributed by atoms with Crippen molar-refractivity contribution in [3.63, 3.8) is 0 Å². The van der Waals surface area contributed by atoms with Crippen LogP contribution in [0.1, 0.15) is 11.1 Å². The van der Waals surface area contributed by atoms with E-state index in [1.807, 2.05) is 13.0 Å². The highest BCUT2D eigenvalue weighted by atomic mass is 16.5. The molecule has 0 aliphatic carbocycles. The summed E-state index contributed by atoms with van der Waals surface area (Å²) in [4.78, 5) is 23.7. The molecule has 0 bridgehead atoms. The van der Waals surface area contributed by atoms with Crippen LogP contribution in [0.4, 0.5) is 5.69 Å². The lowest BCUT2D eigenvalue weighted by atomic mass is 10.2. The van der Waals surface area contributed by atoms with Crippen molar-refractivity contribution in [1.82, 2.24) is 0 Å². The van der Waals surface area contributed by atoms with Gasteiger partial charge in [0, 0.05) is 6.08 Å². The molecule has 0 aromatic heterocycles. The van der Waals surface area contributed by atoms with Gasteiger partial charge in [-0.1, -0.05) is 18.2 Å². The minimum atomic E-state index is -0.604. The number of hydrogen-bond acceptors (Lipinski definition) is 5. The van der Waals surface area contributed by atoms with Crippen LogP contribution in [0.25, 0.3) is 6.08 Å². The van der Waals surface area contributed by atoms with E-state index in [9.17, 15) is 9.59 Å². The van der Waals surface area contributed by atoms with E-state index >= 15 is 0 Å². The first-order chi connectivity index (χ1) is 12.5. The maximum absolute atomic E-state index is 12.0. The summed E-state index contributed by atoms with van der Waals surface area (Å²) >= 11 is 0. The Bertz CT molecular complexity index is 796. The van der Waals surface area contributed by atoms with Crippen LogP contribution in [0.15, 0.2) is 48.5 Å².